The summed E-state index contributed by atoms with van der Waals surface area (Å²) >= 11 is 0. The molecule has 0 saturated carbocycles. The third-order valence-electron chi connectivity index (χ3n) is 4.06. The maximum atomic E-state index is 11.0. The van der Waals surface area contributed by atoms with E-state index >= 15 is 0 Å². The van der Waals surface area contributed by atoms with E-state index in [2.05, 4.69) is 15.1 Å². The molecule has 2 aliphatic rings. The number of rotatable bonds is 5. The van der Waals surface area contributed by atoms with Crippen LogP contribution in [0.5, 0.6) is 0 Å². The number of β-amino-alcohol motifs (C(OH)–C–C–N with tert-alkyl or cyclic N) is 1. The van der Waals surface area contributed by atoms with Crippen LogP contribution in [0.2, 0.25) is 0 Å². The predicted molar refractivity (Wildman–Crippen MR) is 67.6 cm³/mol. The zero-order chi connectivity index (χ0) is 13.0. The van der Waals surface area contributed by atoms with Crippen molar-refractivity contribution in [1.29, 1.82) is 0 Å². The number of aliphatic carboxylic acids is 1. The molecule has 2 rings (SSSR count). The number of carbonyl (C=O) groups is 1. The van der Waals surface area contributed by atoms with Gasteiger partial charge in [0.2, 0.25) is 0 Å². The van der Waals surface area contributed by atoms with Crippen LogP contribution in [0, 0.1) is 0 Å². The molecule has 6 heteroatoms. The first-order valence-corrected chi connectivity index (χ1v) is 6.67. The average molecular weight is 257 g/mol. The molecule has 18 heavy (non-hydrogen) atoms. The number of carboxylic acid groups (broad SMARTS) is 1. The number of aliphatic hydroxyl groups is 1. The second kappa shape index (κ2) is 5.97. The SMILES string of the molecule is O=C(O)CC1(N2CCCN(CCO)CC2)CNC1. The van der Waals surface area contributed by atoms with Crippen molar-refractivity contribution >= 4 is 5.97 Å². The molecular weight excluding hydrogens is 234 g/mol. The van der Waals surface area contributed by atoms with Crippen molar-refractivity contribution in [2.24, 2.45) is 0 Å². The summed E-state index contributed by atoms with van der Waals surface area (Å²) in [5, 5.41) is 21.2. The van der Waals surface area contributed by atoms with Gasteiger partial charge in [0.25, 0.3) is 0 Å². The second-order valence-corrected chi connectivity index (χ2v) is 5.30. The van der Waals surface area contributed by atoms with Crippen molar-refractivity contribution in [3.63, 3.8) is 0 Å². The monoisotopic (exact) mass is 257 g/mol. The van der Waals surface area contributed by atoms with E-state index in [9.17, 15) is 4.79 Å². The summed E-state index contributed by atoms with van der Waals surface area (Å²) in [6, 6.07) is 0. The van der Waals surface area contributed by atoms with E-state index in [0.29, 0.717) is 0 Å². The van der Waals surface area contributed by atoms with Crippen LogP contribution in [0.25, 0.3) is 0 Å². The maximum Gasteiger partial charge on any atom is 0.305 e. The van der Waals surface area contributed by atoms with Crippen LogP contribution >= 0.6 is 0 Å². The highest BCUT2D eigenvalue weighted by Crippen LogP contribution is 2.26. The Labute approximate surface area is 108 Å². The lowest BCUT2D eigenvalue weighted by Crippen LogP contribution is -2.70. The van der Waals surface area contributed by atoms with E-state index < -0.39 is 5.97 Å². The molecule has 0 radical (unpaired) electrons. The molecule has 2 aliphatic heterocycles. The molecule has 0 aromatic rings. The molecule has 0 unspecified atom stereocenters. The van der Waals surface area contributed by atoms with Gasteiger partial charge in [-0.2, -0.15) is 0 Å². The second-order valence-electron chi connectivity index (χ2n) is 5.30. The molecule has 0 amide bonds. The van der Waals surface area contributed by atoms with Crippen LogP contribution in [0.15, 0.2) is 0 Å². The summed E-state index contributed by atoms with van der Waals surface area (Å²) in [7, 11) is 0. The molecule has 0 spiro atoms. The maximum absolute atomic E-state index is 11.0. The molecule has 2 fully saturated rings. The third kappa shape index (κ3) is 3.00. The number of hydrogen-bond donors (Lipinski definition) is 3. The van der Waals surface area contributed by atoms with Crippen LogP contribution in [0.3, 0.4) is 0 Å². The Hall–Kier alpha value is -0.690. The highest BCUT2D eigenvalue weighted by molar-refractivity contribution is 5.68. The predicted octanol–water partition coefficient (Wildman–Crippen LogP) is -1.20. The molecule has 2 saturated heterocycles. The fourth-order valence-corrected chi connectivity index (χ4v) is 2.97. The Bertz CT molecular complexity index is 294. The van der Waals surface area contributed by atoms with Gasteiger partial charge in [-0.1, -0.05) is 0 Å². The van der Waals surface area contributed by atoms with E-state index in [-0.39, 0.29) is 18.6 Å². The van der Waals surface area contributed by atoms with E-state index in [1.54, 1.807) is 0 Å². The lowest BCUT2D eigenvalue weighted by Gasteiger charge is -2.49. The first kappa shape index (κ1) is 13.7. The number of nitrogens with zero attached hydrogens (tertiary/aromatic N) is 2. The molecule has 0 aromatic carbocycles. The highest BCUT2D eigenvalue weighted by Gasteiger charge is 2.44. The molecule has 0 bridgehead atoms. The molecule has 3 N–H and O–H groups in total. The average Bonchev–Trinajstić information content (AvgIpc) is 2.50. The van der Waals surface area contributed by atoms with Crippen LogP contribution in [0.1, 0.15) is 12.8 Å². The zero-order valence-electron chi connectivity index (χ0n) is 10.8. The topological polar surface area (TPSA) is 76.0 Å². The number of carboxylic acids is 1. The Balaban J connectivity index is 1.93. The van der Waals surface area contributed by atoms with Crippen molar-refractivity contribution in [3.05, 3.63) is 0 Å². The lowest BCUT2D eigenvalue weighted by molar-refractivity contribution is -0.141. The van der Waals surface area contributed by atoms with Crippen LogP contribution in [0.4, 0.5) is 0 Å². The smallest absolute Gasteiger partial charge is 0.305 e. The normalized spacial score (nSPS) is 25.4. The van der Waals surface area contributed by atoms with Gasteiger partial charge in [0.05, 0.1) is 18.6 Å². The van der Waals surface area contributed by atoms with E-state index in [1.807, 2.05) is 0 Å². The van der Waals surface area contributed by atoms with Crippen molar-refractivity contribution in [3.8, 4) is 0 Å². The van der Waals surface area contributed by atoms with Gasteiger partial charge in [-0.25, -0.2) is 0 Å². The van der Waals surface area contributed by atoms with Gasteiger partial charge < -0.3 is 15.5 Å². The van der Waals surface area contributed by atoms with Gasteiger partial charge in [0.1, 0.15) is 0 Å². The van der Waals surface area contributed by atoms with Gasteiger partial charge in [-0.05, 0) is 13.0 Å². The summed E-state index contributed by atoms with van der Waals surface area (Å²) in [6.45, 7) is 6.24. The summed E-state index contributed by atoms with van der Waals surface area (Å²) in [4.78, 5) is 15.6. The Morgan fingerprint density at radius 3 is 2.56 bits per heavy atom. The van der Waals surface area contributed by atoms with Crippen molar-refractivity contribution in [1.82, 2.24) is 15.1 Å². The van der Waals surface area contributed by atoms with Gasteiger partial charge in [0.15, 0.2) is 0 Å². The van der Waals surface area contributed by atoms with E-state index in [0.717, 1.165) is 52.2 Å². The lowest BCUT2D eigenvalue weighted by atomic mass is 9.86. The van der Waals surface area contributed by atoms with Crippen LogP contribution in [-0.4, -0.2) is 83.9 Å². The first-order chi connectivity index (χ1) is 8.66. The Morgan fingerprint density at radius 1 is 1.22 bits per heavy atom. The van der Waals surface area contributed by atoms with Gasteiger partial charge in [-0.3, -0.25) is 14.6 Å². The quantitative estimate of drug-likeness (QED) is 0.574. The third-order valence-corrected chi connectivity index (χ3v) is 4.06. The molecule has 0 aliphatic carbocycles. The molecule has 2 heterocycles. The van der Waals surface area contributed by atoms with Crippen molar-refractivity contribution in [2.75, 3.05) is 52.4 Å². The number of aliphatic hydroxyl groups excluding tert-OH is 1. The van der Waals surface area contributed by atoms with E-state index in [1.165, 1.54) is 0 Å². The van der Waals surface area contributed by atoms with Gasteiger partial charge in [-0.15, -0.1) is 0 Å². The highest BCUT2D eigenvalue weighted by atomic mass is 16.4. The number of hydrogen-bond acceptors (Lipinski definition) is 5. The van der Waals surface area contributed by atoms with Gasteiger partial charge in [0, 0.05) is 39.3 Å². The molecule has 0 atom stereocenters. The standard InChI is InChI=1S/C12H23N3O3/c16-7-6-14-2-1-3-15(5-4-14)12(8-11(17)18)9-13-10-12/h13,16H,1-10H2,(H,17,18). The molecular formula is C12H23N3O3. The molecule has 0 aromatic heterocycles. The van der Waals surface area contributed by atoms with E-state index in [4.69, 9.17) is 10.2 Å². The summed E-state index contributed by atoms with van der Waals surface area (Å²) in [5.74, 6) is -0.715. The molecule has 6 nitrogen and oxygen atoms in total. The number of nitrogens with one attached hydrogen (secondary N) is 1. The fraction of sp³-hybridized carbons (Fsp3) is 0.917. The Morgan fingerprint density at radius 2 is 2.00 bits per heavy atom. The summed E-state index contributed by atoms with van der Waals surface area (Å²) < 4.78 is 0. The first-order valence-electron chi connectivity index (χ1n) is 6.67. The van der Waals surface area contributed by atoms with Crippen LogP contribution in [-0.2, 0) is 4.79 Å². The largest absolute Gasteiger partial charge is 0.481 e. The zero-order valence-corrected chi connectivity index (χ0v) is 10.8. The van der Waals surface area contributed by atoms with Crippen LogP contribution < -0.4 is 5.32 Å². The molecule has 104 valence electrons. The Kier molecular flexibility index (Phi) is 4.55. The van der Waals surface area contributed by atoms with Gasteiger partial charge >= 0.3 is 5.97 Å². The van der Waals surface area contributed by atoms with Crippen molar-refractivity contribution < 1.29 is 15.0 Å². The van der Waals surface area contributed by atoms with Crippen molar-refractivity contribution in [2.45, 2.75) is 18.4 Å². The minimum absolute atomic E-state index is 0.180. The summed E-state index contributed by atoms with van der Waals surface area (Å²) in [6.07, 6.45) is 1.27. The minimum Gasteiger partial charge on any atom is -0.481 e. The fourth-order valence-electron chi connectivity index (χ4n) is 2.97. The summed E-state index contributed by atoms with van der Waals surface area (Å²) in [5.41, 5.74) is -0.180. The minimum atomic E-state index is -0.715.